The van der Waals surface area contributed by atoms with Crippen LogP contribution in [0.1, 0.15) is 19.3 Å². The van der Waals surface area contributed by atoms with Gasteiger partial charge < -0.3 is 25.8 Å². The number of hydrogen-bond donors (Lipinski definition) is 3. The van der Waals surface area contributed by atoms with Crippen molar-refractivity contribution >= 4 is 28.7 Å². The molecule has 0 aliphatic carbocycles. The summed E-state index contributed by atoms with van der Waals surface area (Å²) >= 11 is 0. The molecule has 3 rings (SSSR count). The molecule has 0 spiro atoms. The number of rotatable bonds is 6. The molecular formula is C19H24N4O4. The molecule has 0 radical (unpaired) electrons. The molecule has 0 saturated carbocycles. The summed E-state index contributed by atoms with van der Waals surface area (Å²) in [4.78, 5) is 28.8. The van der Waals surface area contributed by atoms with Crippen LogP contribution in [0.5, 0.6) is 0 Å². The average molecular weight is 372 g/mol. The lowest BCUT2D eigenvalue weighted by atomic mass is 9.88. The standard InChI is InChI=1S/C19H24N4O4/c20-16(24)13-27-18(25)21-10-7-19(26)8-11-23(12-9-19)17-6-5-14-3-1-2-4-15(14)22-17/h1-6,26H,7-13H2,(H2,20,24)(H,21,25). The van der Waals surface area contributed by atoms with Gasteiger partial charge in [-0.3, -0.25) is 4.79 Å². The zero-order valence-corrected chi connectivity index (χ0v) is 15.1. The van der Waals surface area contributed by atoms with Gasteiger partial charge in [-0.15, -0.1) is 0 Å². The minimum atomic E-state index is -0.843. The number of aromatic nitrogens is 1. The lowest BCUT2D eigenvalue weighted by molar-refractivity contribution is -0.120. The van der Waals surface area contributed by atoms with E-state index in [0.29, 0.717) is 32.4 Å². The Balaban J connectivity index is 1.48. The molecule has 2 amide bonds. The van der Waals surface area contributed by atoms with E-state index in [1.165, 1.54) is 0 Å². The number of pyridine rings is 1. The number of fused-ring (bicyclic) bond motifs is 1. The molecule has 4 N–H and O–H groups in total. The van der Waals surface area contributed by atoms with Gasteiger partial charge in [-0.2, -0.15) is 0 Å². The van der Waals surface area contributed by atoms with Gasteiger partial charge in [0.2, 0.25) is 0 Å². The highest BCUT2D eigenvalue weighted by molar-refractivity contribution is 5.80. The van der Waals surface area contributed by atoms with Crippen molar-refractivity contribution < 1.29 is 19.4 Å². The first-order valence-corrected chi connectivity index (χ1v) is 8.97. The molecule has 8 nitrogen and oxygen atoms in total. The Labute approximate surface area is 157 Å². The smallest absolute Gasteiger partial charge is 0.407 e. The lowest BCUT2D eigenvalue weighted by Gasteiger charge is -2.38. The summed E-state index contributed by atoms with van der Waals surface area (Å²) in [6.07, 6.45) is 0.867. The lowest BCUT2D eigenvalue weighted by Crippen LogP contribution is -2.46. The van der Waals surface area contributed by atoms with Crippen molar-refractivity contribution in [1.82, 2.24) is 10.3 Å². The number of carbonyl (C=O) groups excluding carboxylic acids is 2. The Bertz CT molecular complexity index is 818. The molecule has 1 aliphatic heterocycles. The van der Waals surface area contributed by atoms with E-state index in [9.17, 15) is 14.7 Å². The first-order valence-electron chi connectivity index (χ1n) is 8.97. The molecule has 0 atom stereocenters. The van der Waals surface area contributed by atoms with Gasteiger partial charge in [-0.05, 0) is 37.5 Å². The highest BCUT2D eigenvalue weighted by Crippen LogP contribution is 2.28. The van der Waals surface area contributed by atoms with Crippen LogP contribution >= 0.6 is 0 Å². The van der Waals surface area contributed by atoms with E-state index in [4.69, 9.17) is 10.7 Å². The van der Waals surface area contributed by atoms with Gasteiger partial charge in [-0.1, -0.05) is 18.2 Å². The van der Waals surface area contributed by atoms with Crippen molar-refractivity contribution in [2.75, 3.05) is 31.1 Å². The number of ether oxygens (including phenoxy) is 1. The van der Waals surface area contributed by atoms with Crippen LogP contribution in [-0.4, -0.2) is 53.9 Å². The SMILES string of the molecule is NC(=O)COC(=O)NCCC1(O)CCN(c2ccc3ccccc3n2)CC1. The van der Waals surface area contributed by atoms with Crippen LogP contribution in [0.2, 0.25) is 0 Å². The van der Waals surface area contributed by atoms with Crippen LogP contribution in [0.25, 0.3) is 10.9 Å². The van der Waals surface area contributed by atoms with Crippen molar-refractivity contribution in [3.05, 3.63) is 36.4 Å². The molecular weight excluding hydrogens is 348 g/mol. The fourth-order valence-electron chi connectivity index (χ4n) is 3.22. The Kier molecular flexibility index (Phi) is 5.75. The molecule has 0 bridgehead atoms. The molecule has 1 aromatic heterocycles. The second kappa shape index (κ2) is 8.22. The summed E-state index contributed by atoms with van der Waals surface area (Å²) in [7, 11) is 0. The number of carbonyl (C=O) groups is 2. The maximum atomic E-state index is 11.4. The third kappa shape index (κ3) is 5.07. The van der Waals surface area contributed by atoms with Crippen LogP contribution in [0.3, 0.4) is 0 Å². The summed E-state index contributed by atoms with van der Waals surface area (Å²) in [6.45, 7) is 1.19. The highest BCUT2D eigenvalue weighted by Gasteiger charge is 2.32. The Hall–Kier alpha value is -2.87. The molecule has 0 unspecified atom stereocenters. The van der Waals surface area contributed by atoms with Gasteiger partial charge in [-0.25, -0.2) is 9.78 Å². The first kappa shape index (κ1) is 18.9. The third-order valence-corrected chi connectivity index (χ3v) is 4.81. The van der Waals surface area contributed by atoms with E-state index in [-0.39, 0.29) is 6.54 Å². The second-order valence-corrected chi connectivity index (χ2v) is 6.79. The van der Waals surface area contributed by atoms with Crippen LogP contribution in [-0.2, 0) is 9.53 Å². The molecule has 144 valence electrons. The maximum Gasteiger partial charge on any atom is 0.407 e. The summed E-state index contributed by atoms with van der Waals surface area (Å²) in [6, 6.07) is 12.0. The van der Waals surface area contributed by atoms with Crippen LogP contribution in [0.15, 0.2) is 36.4 Å². The van der Waals surface area contributed by atoms with E-state index in [0.717, 1.165) is 16.7 Å². The molecule has 2 heterocycles. The number of hydrogen-bond acceptors (Lipinski definition) is 6. The van der Waals surface area contributed by atoms with Gasteiger partial charge >= 0.3 is 6.09 Å². The van der Waals surface area contributed by atoms with E-state index in [1.54, 1.807) is 0 Å². The molecule has 1 aliphatic rings. The molecule has 1 fully saturated rings. The number of aliphatic hydroxyl groups is 1. The fraction of sp³-hybridized carbons (Fsp3) is 0.421. The van der Waals surface area contributed by atoms with E-state index in [2.05, 4.69) is 21.0 Å². The normalized spacial score (nSPS) is 16.1. The van der Waals surface area contributed by atoms with E-state index in [1.807, 2.05) is 30.3 Å². The number of primary amides is 1. The predicted molar refractivity (Wildman–Crippen MR) is 101 cm³/mol. The molecule has 27 heavy (non-hydrogen) atoms. The number of anilines is 1. The van der Waals surface area contributed by atoms with Crippen molar-refractivity contribution in [2.45, 2.75) is 24.9 Å². The monoisotopic (exact) mass is 372 g/mol. The van der Waals surface area contributed by atoms with Gasteiger partial charge in [0.05, 0.1) is 11.1 Å². The topological polar surface area (TPSA) is 118 Å². The summed E-state index contributed by atoms with van der Waals surface area (Å²) in [5, 5.41) is 14.3. The van der Waals surface area contributed by atoms with Crippen molar-refractivity contribution in [3.63, 3.8) is 0 Å². The molecule has 8 heteroatoms. The highest BCUT2D eigenvalue weighted by atomic mass is 16.6. The van der Waals surface area contributed by atoms with Crippen LogP contribution < -0.4 is 16.0 Å². The largest absolute Gasteiger partial charge is 0.439 e. The Morgan fingerprint density at radius 1 is 1.22 bits per heavy atom. The number of nitrogens with zero attached hydrogens (tertiary/aromatic N) is 2. The third-order valence-electron chi connectivity index (χ3n) is 4.81. The zero-order chi connectivity index (χ0) is 19.3. The van der Waals surface area contributed by atoms with Crippen LogP contribution in [0.4, 0.5) is 10.6 Å². The number of benzene rings is 1. The molecule has 2 aromatic rings. The predicted octanol–water partition coefficient (Wildman–Crippen LogP) is 1.17. The number of para-hydroxylation sites is 1. The average Bonchev–Trinajstić information content (AvgIpc) is 2.66. The Morgan fingerprint density at radius 2 is 1.96 bits per heavy atom. The Morgan fingerprint density at radius 3 is 2.70 bits per heavy atom. The van der Waals surface area contributed by atoms with Gasteiger partial charge in [0.1, 0.15) is 5.82 Å². The van der Waals surface area contributed by atoms with Crippen LogP contribution in [0, 0.1) is 0 Å². The molecule has 1 aromatic carbocycles. The van der Waals surface area contributed by atoms with E-state index < -0.39 is 24.2 Å². The summed E-state index contributed by atoms with van der Waals surface area (Å²) < 4.78 is 4.61. The number of nitrogens with two attached hydrogens (primary N) is 1. The second-order valence-electron chi connectivity index (χ2n) is 6.79. The fourth-order valence-corrected chi connectivity index (χ4v) is 3.22. The quantitative estimate of drug-likeness (QED) is 0.700. The molecule has 1 saturated heterocycles. The van der Waals surface area contributed by atoms with Crippen molar-refractivity contribution in [3.8, 4) is 0 Å². The number of nitrogens with one attached hydrogen (secondary N) is 1. The first-order chi connectivity index (χ1) is 13.0. The summed E-state index contributed by atoms with van der Waals surface area (Å²) in [5.41, 5.74) is 5.02. The summed E-state index contributed by atoms with van der Waals surface area (Å²) in [5.74, 6) is 0.197. The number of piperidine rings is 1. The minimum absolute atomic E-state index is 0.266. The van der Waals surface area contributed by atoms with Crippen molar-refractivity contribution in [1.29, 1.82) is 0 Å². The number of amides is 2. The number of alkyl carbamates (subject to hydrolysis) is 1. The zero-order valence-electron chi connectivity index (χ0n) is 15.1. The minimum Gasteiger partial charge on any atom is -0.439 e. The van der Waals surface area contributed by atoms with E-state index >= 15 is 0 Å². The van der Waals surface area contributed by atoms with Gasteiger partial charge in [0, 0.05) is 25.0 Å². The van der Waals surface area contributed by atoms with Crippen molar-refractivity contribution in [2.24, 2.45) is 5.73 Å². The van der Waals surface area contributed by atoms with Gasteiger partial charge in [0.25, 0.3) is 5.91 Å². The maximum absolute atomic E-state index is 11.4. The van der Waals surface area contributed by atoms with Gasteiger partial charge in [0.15, 0.2) is 6.61 Å².